The number of benzene rings is 1. The Hall–Kier alpha value is -0.980. The molecule has 0 radical (unpaired) electrons. The predicted octanol–water partition coefficient (Wildman–Crippen LogP) is 3.88. The summed E-state index contributed by atoms with van der Waals surface area (Å²) < 4.78 is 0. The Kier molecular flexibility index (Phi) is 5.23. The predicted molar refractivity (Wildman–Crippen MR) is 68.6 cm³/mol. The normalized spacial score (nSPS) is 10.3. The highest BCUT2D eigenvalue weighted by atomic mass is 15.1. The zero-order chi connectivity index (χ0) is 11.1. The van der Waals surface area contributed by atoms with Crippen LogP contribution in [0.4, 0.5) is 5.69 Å². The first-order chi connectivity index (χ1) is 7.33. The van der Waals surface area contributed by atoms with E-state index in [9.17, 15) is 0 Å². The maximum absolute atomic E-state index is 2.51. The standard InChI is InChI=1S/C14H23N/c1-4-11-15(12-5-2)14-10-8-7-9-13(14)6-3/h7-10H,4-6,11-12H2,1-3H3. The molecule has 0 heterocycles. The lowest BCUT2D eigenvalue weighted by Crippen LogP contribution is -2.25. The summed E-state index contributed by atoms with van der Waals surface area (Å²) in [4.78, 5) is 2.51. The van der Waals surface area contributed by atoms with Crippen LogP contribution in [0.15, 0.2) is 24.3 Å². The Morgan fingerprint density at radius 3 is 2.07 bits per heavy atom. The molecule has 0 aliphatic rings. The van der Waals surface area contributed by atoms with Gasteiger partial charge in [-0.15, -0.1) is 0 Å². The Labute approximate surface area is 94.1 Å². The first-order valence-electron chi connectivity index (χ1n) is 6.16. The molecule has 0 saturated heterocycles. The number of anilines is 1. The molecule has 15 heavy (non-hydrogen) atoms. The molecule has 1 aromatic carbocycles. The second-order valence-corrected chi connectivity index (χ2v) is 3.97. The van der Waals surface area contributed by atoms with Crippen molar-refractivity contribution in [2.24, 2.45) is 0 Å². The van der Waals surface area contributed by atoms with Gasteiger partial charge in [-0.25, -0.2) is 0 Å². The number of rotatable bonds is 6. The monoisotopic (exact) mass is 205 g/mol. The third-order valence-electron chi connectivity index (χ3n) is 2.70. The van der Waals surface area contributed by atoms with Gasteiger partial charge in [0.2, 0.25) is 0 Å². The van der Waals surface area contributed by atoms with Crippen LogP contribution in [0.3, 0.4) is 0 Å². The van der Waals surface area contributed by atoms with Gasteiger partial charge in [-0.2, -0.15) is 0 Å². The summed E-state index contributed by atoms with van der Waals surface area (Å²) >= 11 is 0. The summed E-state index contributed by atoms with van der Waals surface area (Å²) in [5.41, 5.74) is 2.91. The van der Waals surface area contributed by atoms with E-state index in [2.05, 4.69) is 49.9 Å². The van der Waals surface area contributed by atoms with Crippen LogP contribution in [0, 0.1) is 0 Å². The third-order valence-corrected chi connectivity index (χ3v) is 2.70. The number of para-hydroxylation sites is 1. The van der Waals surface area contributed by atoms with Crippen LogP contribution < -0.4 is 4.90 Å². The van der Waals surface area contributed by atoms with E-state index in [1.807, 2.05) is 0 Å². The fourth-order valence-electron chi connectivity index (χ4n) is 2.01. The Balaban J connectivity index is 2.88. The van der Waals surface area contributed by atoms with Crippen LogP contribution in [0.1, 0.15) is 39.2 Å². The first kappa shape index (κ1) is 12.1. The van der Waals surface area contributed by atoms with Crippen LogP contribution >= 0.6 is 0 Å². The summed E-state index contributed by atoms with van der Waals surface area (Å²) in [6.07, 6.45) is 3.57. The van der Waals surface area contributed by atoms with E-state index in [0.29, 0.717) is 0 Å². The maximum Gasteiger partial charge on any atom is 0.0398 e. The van der Waals surface area contributed by atoms with Gasteiger partial charge in [0.1, 0.15) is 0 Å². The van der Waals surface area contributed by atoms with Gasteiger partial charge in [0, 0.05) is 18.8 Å². The van der Waals surface area contributed by atoms with Crippen molar-refractivity contribution < 1.29 is 0 Å². The zero-order valence-corrected chi connectivity index (χ0v) is 10.3. The van der Waals surface area contributed by atoms with Crippen LogP contribution in [-0.2, 0) is 6.42 Å². The fourth-order valence-corrected chi connectivity index (χ4v) is 2.01. The SMILES string of the molecule is CCCN(CCC)c1ccccc1CC. The Morgan fingerprint density at radius 2 is 1.53 bits per heavy atom. The highest BCUT2D eigenvalue weighted by Crippen LogP contribution is 2.21. The molecule has 0 atom stereocenters. The highest BCUT2D eigenvalue weighted by molar-refractivity contribution is 5.53. The molecule has 84 valence electrons. The molecule has 0 spiro atoms. The minimum Gasteiger partial charge on any atom is -0.371 e. The van der Waals surface area contributed by atoms with Crippen molar-refractivity contribution in [1.82, 2.24) is 0 Å². The molecular formula is C14H23N. The summed E-state index contributed by atoms with van der Waals surface area (Å²) in [7, 11) is 0. The molecule has 1 rings (SSSR count). The summed E-state index contributed by atoms with van der Waals surface area (Å²) in [5.74, 6) is 0. The molecule has 0 unspecified atom stereocenters. The van der Waals surface area contributed by atoms with Crippen molar-refractivity contribution in [1.29, 1.82) is 0 Å². The smallest absolute Gasteiger partial charge is 0.0398 e. The number of hydrogen-bond donors (Lipinski definition) is 0. The molecule has 0 amide bonds. The average Bonchev–Trinajstić information content (AvgIpc) is 2.29. The maximum atomic E-state index is 2.51. The molecule has 0 aliphatic heterocycles. The third kappa shape index (κ3) is 3.26. The average molecular weight is 205 g/mol. The van der Waals surface area contributed by atoms with Crippen molar-refractivity contribution >= 4 is 5.69 Å². The molecule has 1 nitrogen and oxygen atoms in total. The van der Waals surface area contributed by atoms with Gasteiger partial charge in [-0.3, -0.25) is 0 Å². The zero-order valence-electron chi connectivity index (χ0n) is 10.3. The van der Waals surface area contributed by atoms with Crippen molar-refractivity contribution in [3.8, 4) is 0 Å². The number of aryl methyl sites for hydroxylation is 1. The van der Waals surface area contributed by atoms with Gasteiger partial charge < -0.3 is 4.90 Å². The van der Waals surface area contributed by atoms with E-state index in [1.165, 1.54) is 37.2 Å². The molecular weight excluding hydrogens is 182 g/mol. The first-order valence-corrected chi connectivity index (χ1v) is 6.16. The summed E-state index contributed by atoms with van der Waals surface area (Å²) in [6, 6.07) is 8.78. The van der Waals surface area contributed by atoms with Gasteiger partial charge in [-0.1, -0.05) is 39.0 Å². The number of nitrogens with zero attached hydrogens (tertiary/aromatic N) is 1. The van der Waals surface area contributed by atoms with E-state index >= 15 is 0 Å². The van der Waals surface area contributed by atoms with Crippen LogP contribution in [-0.4, -0.2) is 13.1 Å². The quantitative estimate of drug-likeness (QED) is 0.681. The molecule has 0 N–H and O–H groups in total. The molecule has 1 heteroatoms. The van der Waals surface area contributed by atoms with Gasteiger partial charge in [0.25, 0.3) is 0 Å². The van der Waals surface area contributed by atoms with Crippen molar-refractivity contribution in [2.45, 2.75) is 40.0 Å². The van der Waals surface area contributed by atoms with Crippen LogP contribution in [0.2, 0.25) is 0 Å². The topological polar surface area (TPSA) is 3.24 Å². The van der Waals surface area contributed by atoms with Crippen LogP contribution in [0.5, 0.6) is 0 Å². The second kappa shape index (κ2) is 6.49. The van der Waals surface area contributed by atoms with E-state index in [0.717, 1.165) is 6.42 Å². The van der Waals surface area contributed by atoms with Crippen molar-refractivity contribution in [3.63, 3.8) is 0 Å². The van der Waals surface area contributed by atoms with Gasteiger partial charge in [0.05, 0.1) is 0 Å². The molecule has 0 fully saturated rings. The fraction of sp³-hybridized carbons (Fsp3) is 0.571. The van der Waals surface area contributed by atoms with E-state index in [-0.39, 0.29) is 0 Å². The summed E-state index contributed by atoms with van der Waals surface area (Å²) in [5, 5.41) is 0. The Bertz CT molecular complexity index is 274. The summed E-state index contributed by atoms with van der Waals surface area (Å²) in [6.45, 7) is 9.07. The molecule has 0 saturated carbocycles. The van der Waals surface area contributed by atoms with Crippen LogP contribution in [0.25, 0.3) is 0 Å². The van der Waals surface area contributed by atoms with Crippen molar-refractivity contribution in [3.05, 3.63) is 29.8 Å². The van der Waals surface area contributed by atoms with E-state index in [1.54, 1.807) is 0 Å². The van der Waals surface area contributed by atoms with E-state index < -0.39 is 0 Å². The van der Waals surface area contributed by atoms with Gasteiger partial charge >= 0.3 is 0 Å². The lowest BCUT2D eigenvalue weighted by atomic mass is 10.1. The largest absolute Gasteiger partial charge is 0.371 e. The van der Waals surface area contributed by atoms with Gasteiger partial charge in [-0.05, 0) is 30.9 Å². The molecule has 0 bridgehead atoms. The highest BCUT2D eigenvalue weighted by Gasteiger charge is 2.07. The van der Waals surface area contributed by atoms with Crippen molar-refractivity contribution in [2.75, 3.05) is 18.0 Å². The van der Waals surface area contributed by atoms with Gasteiger partial charge in [0.15, 0.2) is 0 Å². The molecule has 0 aliphatic carbocycles. The minimum absolute atomic E-state index is 1.13. The number of hydrogen-bond acceptors (Lipinski definition) is 1. The minimum atomic E-state index is 1.13. The second-order valence-electron chi connectivity index (χ2n) is 3.97. The molecule has 1 aromatic rings. The lowest BCUT2D eigenvalue weighted by Gasteiger charge is -2.26. The van der Waals surface area contributed by atoms with E-state index in [4.69, 9.17) is 0 Å². The lowest BCUT2D eigenvalue weighted by molar-refractivity contribution is 0.741. The Morgan fingerprint density at radius 1 is 0.933 bits per heavy atom. The molecule has 0 aromatic heterocycles.